The number of carbonyl (C=O) groups is 1. The summed E-state index contributed by atoms with van der Waals surface area (Å²) in [6.07, 6.45) is 1.94. The van der Waals surface area contributed by atoms with E-state index in [1.807, 2.05) is 19.9 Å². The van der Waals surface area contributed by atoms with Crippen LogP contribution in [-0.2, 0) is 11.2 Å². The van der Waals surface area contributed by atoms with Gasteiger partial charge >= 0.3 is 0 Å². The molecule has 1 aromatic carbocycles. The first kappa shape index (κ1) is 11.6. The molecule has 1 heterocycles. The first-order chi connectivity index (χ1) is 7.61. The van der Waals surface area contributed by atoms with Crippen LogP contribution in [0.15, 0.2) is 16.6 Å². The Morgan fingerprint density at radius 1 is 1.56 bits per heavy atom. The molecule has 1 aromatic rings. The lowest BCUT2D eigenvalue weighted by atomic mass is 10.0. The summed E-state index contributed by atoms with van der Waals surface area (Å²) < 4.78 is 6.66. The number of fused-ring (bicyclic) bond motifs is 1. The second-order valence-electron chi connectivity index (χ2n) is 4.26. The van der Waals surface area contributed by atoms with Crippen molar-refractivity contribution < 1.29 is 9.53 Å². The molecule has 86 valence electrons. The molecule has 1 aliphatic heterocycles. The summed E-state index contributed by atoms with van der Waals surface area (Å²) in [6, 6.07) is 4.12. The van der Waals surface area contributed by atoms with Gasteiger partial charge in [-0.15, -0.1) is 0 Å². The fourth-order valence-corrected chi connectivity index (χ4v) is 2.76. The monoisotopic (exact) mass is 282 g/mol. The van der Waals surface area contributed by atoms with Gasteiger partial charge in [-0.1, -0.05) is 13.0 Å². The van der Waals surface area contributed by atoms with Crippen LogP contribution < -0.4 is 4.74 Å². The molecular formula is C13H15BrO2. The molecule has 0 N–H and O–H groups in total. The smallest absolute Gasteiger partial charge is 0.173 e. The third-order valence-corrected chi connectivity index (χ3v) is 3.37. The zero-order chi connectivity index (χ0) is 11.7. The highest BCUT2D eigenvalue weighted by atomic mass is 79.9. The summed E-state index contributed by atoms with van der Waals surface area (Å²) in [7, 11) is 0. The Morgan fingerprint density at radius 2 is 2.31 bits per heavy atom. The maximum Gasteiger partial charge on any atom is 0.173 e. The fraction of sp³-hybridized carbons (Fsp3) is 0.462. The number of halogens is 1. The quantitative estimate of drug-likeness (QED) is 0.849. The molecule has 0 aromatic heterocycles. The van der Waals surface area contributed by atoms with E-state index in [2.05, 4.69) is 22.0 Å². The van der Waals surface area contributed by atoms with Crippen LogP contribution in [0.1, 0.15) is 30.9 Å². The molecule has 0 radical (unpaired) electrons. The van der Waals surface area contributed by atoms with Crippen molar-refractivity contribution in [2.24, 2.45) is 0 Å². The molecule has 16 heavy (non-hydrogen) atoms. The largest absolute Gasteiger partial charge is 0.481 e. The Kier molecular flexibility index (Phi) is 3.33. The van der Waals surface area contributed by atoms with Crippen molar-refractivity contribution in [1.82, 2.24) is 0 Å². The van der Waals surface area contributed by atoms with Gasteiger partial charge in [0, 0.05) is 12.8 Å². The van der Waals surface area contributed by atoms with Crippen LogP contribution in [0.2, 0.25) is 0 Å². The van der Waals surface area contributed by atoms with Gasteiger partial charge in [-0.05, 0) is 46.5 Å². The molecule has 1 unspecified atom stereocenters. The van der Waals surface area contributed by atoms with Gasteiger partial charge in [0.1, 0.15) is 5.75 Å². The Labute approximate surface area is 104 Å². The van der Waals surface area contributed by atoms with E-state index in [-0.39, 0.29) is 11.9 Å². The third-order valence-electron chi connectivity index (χ3n) is 2.79. The first-order valence-electron chi connectivity index (χ1n) is 5.60. The number of rotatable bonds is 3. The van der Waals surface area contributed by atoms with Gasteiger partial charge in [-0.3, -0.25) is 4.79 Å². The van der Waals surface area contributed by atoms with Gasteiger partial charge in [0.05, 0.1) is 4.47 Å². The van der Waals surface area contributed by atoms with E-state index in [0.29, 0.717) is 12.8 Å². The molecule has 2 rings (SSSR count). The zero-order valence-corrected chi connectivity index (χ0v) is 11.1. The van der Waals surface area contributed by atoms with Crippen LogP contribution in [0, 0.1) is 6.92 Å². The molecule has 1 atom stereocenters. The van der Waals surface area contributed by atoms with Gasteiger partial charge < -0.3 is 4.74 Å². The van der Waals surface area contributed by atoms with Crippen molar-refractivity contribution >= 4 is 21.7 Å². The zero-order valence-electron chi connectivity index (χ0n) is 9.55. The van der Waals surface area contributed by atoms with Gasteiger partial charge in [0.25, 0.3) is 0 Å². The van der Waals surface area contributed by atoms with E-state index < -0.39 is 0 Å². The van der Waals surface area contributed by atoms with Gasteiger partial charge in [-0.2, -0.15) is 0 Å². The van der Waals surface area contributed by atoms with Crippen molar-refractivity contribution in [3.63, 3.8) is 0 Å². The average molecular weight is 283 g/mol. The molecule has 0 saturated carbocycles. The number of hydrogen-bond donors (Lipinski definition) is 0. The second kappa shape index (κ2) is 4.58. The maximum absolute atomic E-state index is 11.8. The Balaban J connectivity index is 2.21. The van der Waals surface area contributed by atoms with Crippen molar-refractivity contribution in [2.75, 3.05) is 0 Å². The van der Waals surface area contributed by atoms with Crippen LogP contribution in [0.5, 0.6) is 5.75 Å². The highest BCUT2D eigenvalue weighted by Crippen LogP contribution is 2.37. The minimum atomic E-state index is -0.270. The maximum atomic E-state index is 11.8. The van der Waals surface area contributed by atoms with E-state index in [1.165, 1.54) is 5.56 Å². The highest BCUT2D eigenvalue weighted by Gasteiger charge is 2.29. The van der Waals surface area contributed by atoms with Crippen molar-refractivity contribution in [3.05, 3.63) is 27.7 Å². The number of ether oxygens (including phenoxy) is 1. The Bertz CT molecular complexity index is 426. The minimum Gasteiger partial charge on any atom is -0.481 e. The van der Waals surface area contributed by atoms with Crippen molar-refractivity contribution in [2.45, 2.75) is 39.2 Å². The van der Waals surface area contributed by atoms with Crippen molar-refractivity contribution in [1.29, 1.82) is 0 Å². The number of hydrogen-bond acceptors (Lipinski definition) is 2. The predicted molar refractivity (Wildman–Crippen MR) is 66.9 cm³/mol. The van der Waals surface area contributed by atoms with Gasteiger partial charge in [-0.25, -0.2) is 0 Å². The van der Waals surface area contributed by atoms with E-state index in [0.717, 1.165) is 22.2 Å². The summed E-state index contributed by atoms with van der Waals surface area (Å²) in [5, 5.41) is 0. The predicted octanol–water partition coefficient (Wildman–Crippen LogP) is 3.43. The lowest BCUT2D eigenvalue weighted by Gasteiger charge is -2.09. The van der Waals surface area contributed by atoms with Crippen LogP contribution in [0.4, 0.5) is 0 Å². The molecule has 0 bridgehead atoms. The summed E-state index contributed by atoms with van der Waals surface area (Å²) >= 11 is 3.48. The SMILES string of the molecule is CCCC(=O)C1Cc2cc(C)cc(Br)c2O1. The van der Waals surface area contributed by atoms with E-state index in [4.69, 9.17) is 4.74 Å². The Hall–Kier alpha value is -0.830. The molecule has 1 aliphatic rings. The molecule has 0 aliphatic carbocycles. The van der Waals surface area contributed by atoms with Crippen LogP contribution in [0.25, 0.3) is 0 Å². The topological polar surface area (TPSA) is 26.3 Å². The number of aryl methyl sites for hydroxylation is 1. The number of ketones is 1. The third kappa shape index (κ3) is 2.14. The van der Waals surface area contributed by atoms with Crippen molar-refractivity contribution in [3.8, 4) is 5.75 Å². The van der Waals surface area contributed by atoms with E-state index in [1.54, 1.807) is 0 Å². The molecule has 2 nitrogen and oxygen atoms in total. The standard InChI is InChI=1S/C13H15BrO2/c1-3-4-11(15)12-7-9-5-8(2)6-10(14)13(9)16-12/h5-6,12H,3-4,7H2,1-2H3. The first-order valence-corrected chi connectivity index (χ1v) is 6.39. The normalized spacial score (nSPS) is 18.1. The highest BCUT2D eigenvalue weighted by molar-refractivity contribution is 9.10. The number of Topliss-reactive ketones (excluding diaryl/α,β-unsaturated/α-hetero) is 1. The van der Waals surface area contributed by atoms with Gasteiger partial charge in [0.15, 0.2) is 11.9 Å². The Morgan fingerprint density at radius 3 is 3.00 bits per heavy atom. The number of carbonyl (C=O) groups excluding carboxylic acids is 1. The van der Waals surface area contributed by atoms with E-state index >= 15 is 0 Å². The van der Waals surface area contributed by atoms with Crippen LogP contribution in [0.3, 0.4) is 0 Å². The molecule has 0 fully saturated rings. The van der Waals surface area contributed by atoms with Gasteiger partial charge in [0.2, 0.25) is 0 Å². The molecule has 0 saturated heterocycles. The fourth-order valence-electron chi connectivity index (χ4n) is 2.06. The van der Waals surface area contributed by atoms with Crippen LogP contribution >= 0.6 is 15.9 Å². The average Bonchev–Trinajstić information content (AvgIpc) is 2.62. The number of benzene rings is 1. The molecule has 0 spiro atoms. The lowest BCUT2D eigenvalue weighted by Crippen LogP contribution is -2.24. The summed E-state index contributed by atoms with van der Waals surface area (Å²) in [4.78, 5) is 11.8. The van der Waals surface area contributed by atoms with E-state index in [9.17, 15) is 4.79 Å². The van der Waals surface area contributed by atoms with Crippen LogP contribution in [-0.4, -0.2) is 11.9 Å². The minimum absolute atomic E-state index is 0.211. The molecular weight excluding hydrogens is 268 g/mol. The summed E-state index contributed by atoms with van der Waals surface area (Å²) in [5.41, 5.74) is 2.33. The summed E-state index contributed by atoms with van der Waals surface area (Å²) in [6.45, 7) is 4.06. The second-order valence-corrected chi connectivity index (χ2v) is 5.12. The molecule has 3 heteroatoms. The summed E-state index contributed by atoms with van der Waals surface area (Å²) in [5.74, 6) is 1.06. The lowest BCUT2D eigenvalue weighted by molar-refractivity contribution is -0.125. The molecule has 0 amide bonds.